The molecule has 2 heterocycles. The molecule has 0 bridgehead atoms. The quantitative estimate of drug-likeness (QED) is 0.322. The summed E-state index contributed by atoms with van der Waals surface area (Å²) in [7, 11) is 1.29. The minimum absolute atomic E-state index is 0.00152. The number of methoxy groups -OCH3 is 1. The van der Waals surface area contributed by atoms with Gasteiger partial charge in [0.1, 0.15) is 11.9 Å². The SMILES string of the molecule is CCOC(=O)CCN1CCN(C/C=C2\CN(C(C(=O)OC)c3ccccc3F)CCC2SC(C)=O)CC1=O. The van der Waals surface area contributed by atoms with Crippen molar-refractivity contribution in [1.82, 2.24) is 14.7 Å². The Balaban J connectivity index is 1.70. The molecule has 11 heteroatoms. The second-order valence-corrected chi connectivity index (χ2v) is 10.6. The van der Waals surface area contributed by atoms with Crippen LogP contribution in [0, 0.1) is 5.82 Å². The van der Waals surface area contributed by atoms with Crippen LogP contribution >= 0.6 is 11.8 Å². The number of rotatable bonds is 10. The van der Waals surface area contributed by atoms with E-state index in [2.05, 4.69) is 0 Å². The molecule has 0 aromatic heterocycles. The number of esters is 2. The number of carbonyl (C=O) groups is 4. The van der Waals surface area contributed by atoms with Crippen LogP contribution in [0.3, 0.4) is 0 Å². The lowest BCUT2D eigenvalue weighted by Gasteiger charge is -2.38. The van der Waals surface area contributed by atoms with Crippen molar-refractivity contribution in [3.63, 3.8) is 0 Å². The van der Waals surface area contributed by atoms with Gasteiger partial charge in [0, 0.05) is 57.0 Å². The summed E-state index contributed by atoms with van der Waals surface area (Å²) in [6.07, 6.45) is 2.80. The third kappa shape index (κ3) is 8.12. The number of hydrogen-bond acceptors (Lipinski definition) is 9. The van der Waals surface area contributed by atoms with E-state index in [-0.39, 0.29) is 40.8 Å². The highest BCUT2D eigenvalue weighted by molar-refractivity contribution is 8.14. The first-order chi connectivity index (χ1) is 18.2. The Labute approximate surface area is 227 Å². The molecule has 0 N–H and O–H groups in total. The van der Waals surface area contributed by atoms with Crippen molar-refractivity contribution in [3.05, 3.63) is 47.3 Å². The second kappa shape index (κ2) is 14.4. The number of thioether (sulfide) groups is 1. The van der Waals surface area contributed by atoms with Gasteiger partial charge in [-0.2, -0.15) is 0 Å². The number of amides is 1. The van der Waals surface area contributed by atoms with Gasteiger partial charge < -0.3 is 14.4 Å². The minimum atomic E-state index is -0.905. The van der Waals surface area contributed by atoms with Gasteiger partial charge >= 0.3 is 11.9 Å². The Morgan fingerprint density at radius 2 is 1.95 bits per heavy atom. The van der Waals surface area contributed by atoms with Crippen LogP contribution in [-0.4, -0.2) is 102 Å². The fourth-order valence-electron chi connectivity index (χ4n) is 4.77. The van der Waals surface area contributed by atoms with Crippen molar-refractivity contribution in [2.75, 3.05) is 59.5 Å². The first-order valence-electron chi connectivity index (χ1n) is 12.8. The van der Waals surface area contributed by atoms with Crippen molar-refractivity contribution in [3.8, 4) is 0 Å². The molecule has 38 heavy (non-hydrogen) atoms. The van der Waals surface area contributed by atoms with Crippen molar-refractivity contribution in [1.29, 1.82) is 0 Å². The molecule has 208 valence electrons. The molecule has 2 aliphatic rings. The van der Waals surface area contributed by atoms with Gasteiger partial charge in [0.15, 0.2) is 5.12 Å². The molecule has 9 nitrogen and oxygen atoms in total. The first kappa shape index (κ1) is 29.8. The summed E-state index contributed by atoms with van der Waals surface area (Å²) in [6.45, 7) is 6.67. The fraction of sp³-hybridized carbons (Fsp3) is 0.556. The summed E-state index contributed by atoms with van der Waals surface area (Å²) < 4.78 is 24.6. The normalized spacial score (nSPS) is 20.8. The summed E-state index contributed by atoms with van der Waals surface area (Å²) in [5.41, 5.74) is 1.21. The summed E-state index contributed by atoms with van der Waals surface area (Å²) in [5, 5.41) is -0.0670. The highest BCUT2D eigenvalue weighted by Crippen LogP contribution is 2.34. The zero-order valence-corrected chi connectivity index (χ0v) is 23.0. The van der Waals surface area contributed by atoms with Crippen LogP contribution in [0.25, 0.3) is 0 Å². The minimum Gasteiger partial charge on any atom is -0.468 e. The van der Waals surface area contributed by atoms with Crippen LogP contribution in [0.5, 0.6) is 0 Å². The van der Waals surface area contributed by atoms with Gasteiger partial charge in [-0.15, -0.1) is 0 Å². The number of piperazine rings is 1. The smallest absolute Gasteiger partial charge is 0.327 e. The van der Waals surface area contributed by atoms with Gasteiger partial charge in [-0.3, -0.25) is 24.2 Å². The third-order valence-corrected chi connectivity index (χ3v) is 7.83. The lowest BCUT2D eigenvalue weighted by atomic mass is 9.97. The molecule has 2 saturated heterocycles. The maximum absolute atomic E-state index is 14.7. The maximum atomic E-state index is 14.7. The standard InChI is InChI=1S/C27H36FN3O6S/c1-4-37-25(34)11-14-30-16-15-29(18-24(30)33)12-9-20-17-31(13-10-23(20)38-19(2)32)26(27(35)36-3)21-7-5-6-8-22(21)28/h5-9,23,26H,4,10-18H2,1-3H3/b20-9+. The fourth-order valence-corrected chi connectivity index (χ4v) is 5.72. The zero-order chi connectivity index (χ0) is 27.7. The van der Waals surface area contributed by atoms with E-state index in [4.69, 9.17) is 9.47 Å². The average Bonchev–Trinajstić information content (AvgIpc) is 2.89. The highest BCUT2D eigenvalue weighted by atomic mass is 32.2. The lowest BCUT2D eigenvalue weighted by molar-refractivity contribution is -0.148. The van der Waals surface area contributed by atoms with E-state index >= 15 is 0 Å². The average molecular weight is 550 g/mol. The van der Waals surface area contributed by atoms with Gasteiger partial charge in [-0.05, 0) is 25.0 Å². The highest BCUT2D eigenvalue weighted by Gasteiger charge is 2.36. The van der Waals surface area contributed by atoms with E-state index in [9.17, 15) is 23.6 Å². The van der Waals surface area contributed by atoms with Crippen LogP contribution in [-0.2, 0) is 28.7 Å². The molecule has 0 spiro atoms. The molecule has 0 radical (unpaired) electrons. The number of hydrogen-bond donors (Lipinski definition) is 0. The molecular formula is C27H36FN3O6S. The number of ether oxygens (including phenoxy) is 2. The zero-order valence-electron chi connectivity index (χ0n) is 22.2. The molecule has 3 rings (SSSR count). The van der Waals surface area contributed by atoms with Gasteiger partial charge in [0.2, 0.25) is 5.91 Å². The largest absolute Gasteiger partial charge is 0.468 e. The summed E-state index contributed by atoms with van der Waals surface area (Å²) in [4.78, 5) is 54.5. The Kier molecular flexibility index (Phi) is 11.3. The first-order valence-corrected chi connectivity index (χ1v) is 13.7. The summed E-state index contributed by atoms with van der Waals surface area (Å²) in [5.74, 6) is -1.39. The number of benzene rings is 1. The Morgan fingerprint density at radius 3 is 2.61 bits per heavy atom. The molecular weight excluding hydrogens is 513 g/mol. The molecule has 2 aliphatic heterocycles. The molecule has 2 fully saturated rings. The molecule has 2 atom stereocenters. The van der Waals surface area contributed by atoms with E-state index in [0.29, 0.717) is 52.3 Å². The second-order valence-electron chi connectivity index (χ2n) is 9.25. The van der Waals surface area contributed by atoms with E-state index in [0.717, 1.165) is 5.57 Å². The topological polar surface area (TPSA) is 96.5 Å². The maximum Gasteiger partial charge on any atom is 0.327 e. The predicted octanol–water partition coefficient (Wildman–Crippen LogP) is 2.42. The van der Waals surface area contributed by atoms with Gasteiger partial charge in [0.05, 0.1) is 26.7 Å². The summed E-state index contributed by atoms with van der Waals surface area (Å²) in [6, 6.07) is 5.27. The molecule has 1 aromatic carbocycles. The van der Waals surface area contributed by atoms with Crippen LogP contribution in [0.2, 0.25) is 0 Å². The molecule has 1 aromatic rings. The van der Waals surface area contributed by atoms with Crippen molar-refractivity contribution < 1.29 is 33.0 Å². The number of likely N-dealkylation sites (tertiary alicyclic amines) is 1. The molecule has 0 aliphatic carbocycles. The van der Waals surface area contributed by atoms with Crippen LogP contribution in [0.15, 0.2) is 35.9 Å². The monoisotopic (exact) mass is 549 g/mol. The van der Waals surface area contributed by atoms with Crippen LogP contribution in [0.4, 0.5) is 4.39 Å². The van der Waals surface area contributed by atoms with E-state index < -0.39 is 17.8 Å². The van der Waals surface area contributed by atoms with Crippen LogP contribution < -0.4 is 0 Å². The molecule has 2 unspecified atom stereocenters. The number of halogens is 1. The van der Waals surface area contributed by atoms with Crippen molar-refractivity contribution >= 4 is 34.7 Å². The van der Waals surface area contributed by atoms with Gasteiger partial charge in [0.25, 0.3) is 0 Å². The summed E-state index contributed by atoms with van der Waals surface area (Å²) >= 11 is 1.25. The number of carbonyl (C=O) groups excluding carboxylic acids is 4. The van der Waals surface area contributed by atoms with Crippen LogP contribution in [0.1, 0.15) is 38.3 Å². The number of piperidine rings is 1. The Morgan fingerprint density at radius 1 is 1.18 bits per heavy atom. The van der Waals surface area contributed by atoms with Crippen molar-refractivity contribution in [2.24, 2.45) is 0 Å². The van der Waals surface area contributed by atoms with E-state index in [1.165, 1.54) is 31.9 Å². The number of nitrogens with zero attached hydrogens (tertiary/aromatic N) is 3. The Hall–Kier alpha value is -2.76. The van der Waals surface area contributed by atoms with E-state index in [1.54, 1.807) is 30.0 Å². The Bertz CT molecular complexity index is 1050. The lowest BCUT2D eigenvalue weighted by Crippen LogP contribution is -2.51. The van der Waals surface area contributed by atoms with Gasteiger partial charge in [-0.25, -0.2) is 9.18 Å². The molecule has 1 amide bonds. The third-order valence-electron chi connectivity index (χ3n) is 6.68. The molecule has 0 saturated carbocycles. The van der Waals surface area contributed by atoms with E-state index in [1.807, 2.05) is 15.9 Å². The van der Waals surface area contributed by atoms with Crippen molar-refractivity contribution in [2.45, 2.75) is 38.0 Å². The predicted molar refractivity (Wildman–Crippen MR) is 142 cm³/mol. The van der Waals surface area contributed by atoms with Gasteiger partial charge in [-0.1, -0.05) is 36.0 Å².